The van der Waals surface area contributed by atoms with Crippen LogP contribution < -0.4 is 0 Å². The molecule has 6 heteroatoms. The highest BCUT2D eigenvalue weighted by Gasteiger charge is 2.34. The van der Waals surface area contributed by atoms with Gasteiger partial charge in [0.2, 0.25) is 0 Å². The lowest BCUT2D eigenvalue weighted by Gasteiger charge is -2.17. The number of aliphatic hydroxyl groups is 1. The lowest BCUT2D eigenvalue weighted by Crippen LogP contribution is -2.15. The van der Waals surface area contributed by atoms with Crippen LogP contribution in [0.25, 0.3) is 0 Å². The van der Waals surface area contributed by atoms with E-state index in [2.05, 4.69) is 15.9 Å². The van der Waals surface area contributed by atoms with Gasteiger partial charge in [-0.05, 0) is 24.6 Å². The topological polar surface area (TPSA) is 54.4 Å². The Morgan fingerprint density at radius 2 is 2.18 bits per heavy atom. The van der Waals surface area contributed by atoms with Crippen molar-refractivity contribution in [3.8, 4) is 0 Å². The summed E-state index contributed by atoms with van der Waals surface area (Å²) in [5.41, 5.74) is 0.154. The Morgan fingerprint density at radius 3 is 2.76 bits per heavy atom. The molecule has 1 aliphatic rings. The summed E-state index contributed by atoms with van der Waals surface area (Å²) in [6, 6.07) is 4.29. The third kappa shape index (κ3) is 2.86. The first-order valence-electron chi connectivity index (χ1n) is 5.22. The van der Waals surface area contributed by atoms with Gasteiger partial charge in [0, 0.05) is 16.0 Å². The van der Waals surface area contributed by atoms with Gasteiger partial charge < -0.3 is 5.11 Å². The monoisotopic (exact) mass is 322 g/mol. The van der Waals surface area contributed by atoms with E-state index in [4.69, 9.17) is 0 Å². The second-order valence-electron chi connectivity index (χ2n) is 4.27. The van der Waals surface area contributed by atoms with Crippen LogP contribution in [0.4, 0.5) is 4.39 Å². The number of halogens is 2. The summed E-state index contributed by atoms with van der Waals surface area (Å²) in [5, 5.41) is 10.0. The molecule has 3 nitrogen and oxygen atoms in total. The number of rotatable bonds is 2. The Bertz CT molecular complexity index is 530. The van der Waals surface area contributed by atoms with Crippen molar-refractivity contribution in [3.63, 3.8) is 0 Å². The summed E-state index contributed by atoms with van der Waals surface area (Å²) in [5.74, 6) is -0.918. The molecule has 0 spiro atoms. The highest BCUT2D eigenvalue weighted by molar-refractivity contribution is 9.10. The van der Waals surface area contributed by atoms with Gasteiger partial charge in [-0.15, -0.1) is 0 Å². The van der Waals surface area contributed by atoms with Gasteiger partial charge >= 0.3 is 0 Å². The standard InChI is InChI=1S/C11H12BrFO3S/c12-8-1-2-10(13)9(5-8)11(14)7-3-4-17(15,16)6-7/h1-2,5,7,11,14H,3-4,6H2. The minimum Gasteiger partial charge on any atom is -0.388 e. The van der Waals surface area contributed by atoms with E-state index in [0.717, 1.165) is 0 Å². The van der Waals surface area contributed by atoms with Crippen LogP contribution in [0.3, 0.4) is 0 Å². The number of aliphatic hydroxyl groups excluding tert-OH is 1. The molecule has 1 aliphatic heterocycles. The lowest BCUT2D eigenvalue weighted by molar-refractivity contribution is 0.117. The van der Waals surface area contributed by atoms with Gasteiger partial charge in [0.1, 0.15) is 5.82 Å². The Labute approximate surface area is 108 Å². The molecule has 94 valence electrons. The van der Waals surface area contributed by atoms with Gasteiger partial charge in [0.15, 0.2) is 9.84 Å². The molecule has 0 saturated carbocycles. The maximum absolute atomic E-state index is 13.5. The zero-order chi connectivity index (χ0) is 12.6. The van der Waals surface area contributed by atoms with Gasteiger partial charge in [0.05, 0.1) is 17.6 Å². The minimum atomic E-state index is -3.07. The van der Waals surface area contributed by atoms with E-state index in [1.807, 2.05) is 0 Å². The molecule has 0 aliphatic carbocycles. The van der Waals surface area contributed by atoms with Gasteiger partial charge in [0.25, 0.3) is 0 Å². The molecular weight excluding hydrogens is 311 g/mol. The van der Waals surface area contributed by atoms with Crippen molar-refractivity contribution in [2.24, 2.45) is 5.92 Å². The Balaban J connectivity index is 2.26. The average molecular weight is 323 g/mol. The molecule has 1 saturated heterocycles. The maximum Gasteiger partial charge on any atom is 0.150 e. The number of hydrogen-bond donors (Lipinski definition) is 1. The molecule has 0 bridgehead atoms. The first-order chi connectivity index (χ1) is 7.89. The molecule has 2 rings (SSSR count). The third-order valence-electron chi connectivity index (χ3n) is 2.99. The molecule has 0 radical (unpaired) electrons. The fraction of sp³-hybridized carbons (Fsp3) is 0.455. The summed E-state index contributed by atoms with van der Waals surface area (Å²) >= 11 is 3.20. The van der Waals surface area contributed by atoms with Crippen molar-refractivity contribution in [2.75, 3.05) is 11.5 Å². The summed E-state index contributed by atoms with van der Waals surface area (Å²) in [6.07, 6.45) is -0.681. The number of hydrogen-bond acceptors (Lipinski definition) is 3. The Hall–Kier alpha value is -0.460. The van der Waals surface area contributed by atoms with E-state index in [9.17, 15) is 17.9 Å². The van der Waals surface area contributed by atoms with Gasteiger partial charge in [-0.3, -0.25) is 0 Å². The molecule has 1 N–H and O–H groups in total. The zero-order valence-electron chi connectivity index (χ0n) is 8.94. The summed E-state index contributed by atoms with van der Waals surface area (Å²) in [4.78, 5) is 0. The largest absolute Gasteiger partial charge is 0.388 e. The van der Waals surface area contributed by atoms with Crippen LogP contribution in [0.5, 0.6) is 0 Å². The molecule has 1 aromatic carbocycles. The van der Waals surface area contributed by atoms with E-state index < -0.39 is 27.7 Å². The fourth-order valence-electron chi connectivity index (χ4n) is 2.07. The molecule has 0 aromatic heterocycles. The average Bonchev–Trinajstić information content (AvgIpc) is 2.61. The Morgan fingerprint density at radius 1 is 1.47 bits per heavy atom. The third-order valence-corrected chi connectivity index (χ3v) is 5.28. The van der Waals surface area contributed by atoms with Crippen molar-refractivity contribution in [1.29, 1.82) is 0 Å². The summed E-state index contributed by atoms with van der Waals surface area (Å²) < 4.78 is 36.8. The molecule has 2 unspecified atom stereocenters. The van der Waals surface area contributed by atoms with Crippen LogP contribution in [0.15, 0.2) is 22.7 Å². The second-order valence-corrected chi connectivity index (χ2v) is 7.42. The fourth-order valence-corrected chi connectivity index (χ4v) is 4.28. The predicted molar refractivity (Wildman–Crippen MR) is 65.8 cm³/mol. The first kappa shape index (κ1) is 13.0. The van der Waals surface area contributed by atoms with Gasteiger partial charge in [-0.2, -0.15) is 0 Å². The molecule has 0 amide bonds. The quantitative estimate of drug-likeness (QED) is 0.906. The predicted octanol–water partition coefficient (Wildman–Crippen LogP) is 2.06. The van der Waals surface area contributed by atoms with Gasteiger partial charge in [-0.1, -0.05) is 15.9 Å². The van der Waals surface area contributed by atoms with Crippen molar-refractivity contribution >= 4 is 25.8 Å². The van der Waals surface area contributed by atoms with Crippen LogP contribution in [-0.2, 0) is 9.84 Å². The molecule has 2 atom stereocenters. The molecular formula is C11H12BrFO3S. The van der Waals surface area contributed by atoms with Crippen molar-refractivity contribution in [3.05, 3.63) is 34.1 Å². The highest BCUT2D eigenvalue weighted by Crippen LogP contribution is 2.33. The first-order valence-corrected chi connectivity index (χ1v) is 7.84. The normalized spacial score (nSPS) is 24.8. The van der Waals surface area contributed by atoms with Crippen LogP contribution >= 0.6 is 15.9 Å². The van der Waals surface area contributed by atoms with E-state index in [-0.39, 0.29) is 17.1 Å². The lowest BCUT2D eigenvalue weighted by atomic mass is 9.95. The van der Waals surface area contributed by atoms with Crippen LogP contribution in [-0.4, -0.2) is 25.0 Å². The molecule has 1 aromatic rings. The van der Waals surface area contributed by atoms with E-state index in [1.165, 1.54) is 18.2 Å². The second kappa shape index (κ2) is 4.66. The smallest absolute Gasteiger partial charge is 0.150 e. The highest BCUT2D eigenvalue weighted by atomic mass is 79.9. The molecule has 1 fully saturated rings. The zero-order valence-corrected chi connectivity index (χ0v) is 11.3. The van der Waals surface area contributed by atoms with Gasteiger partial charge in [-0.25, -0.2) is 12.8 Å². The van der Waals surface area contributed by atoms with E-state index in [1.54, 1.807) is 0 Å². The minimum absolute atomic E-state index is 0.0693. The van der Waals surface area contributed by atoms with E-state index in [0.29, 0.717) is 10.9 Å². The summed E-state index contributed by atoms with van der Waals surface area (Å²) in [6.45, 7) is 0. The number of sulfone groups is 1. The molecule has 1 heterocycles. The van der Waals surface area contributed by atoms with Crippen LogP contribution in [0.1, 0.15) is 18.1 Å². The van der Waals surface area contributed by atoms with Crippen molar-refractivity contribution < 1.29 is 17.9 Å². The van der Waals surface area contributed by atoms with Crippen LogP contribution in [0.2, 0.25) is 0 Å². The maximum atomic E-state index is 13.5. The van der Waals surface area contributed by atoms with E-state index >= 15 is 0 Å². The number of benzene rings is 1. The van der Waals surface area contributed by atoms with Crippen molar-refractivity contribution in [2.45, 2.75) is 12.5 Å². The molecule has 17 heavy (non-hydrogen) atoms. The van der Waals surface area contributed by atoms with Crippen molar-refractivity contribution in [1.82, 2.24) is 0 Å². The van der Waals surface area contributed by atoms with Crippen LogP contribution in [0, 0.1) is 11.7 Å². The Kier molecular flexibility index (Phi) is 3.56. The summed E-state index contributed by atoms with van der Waals surface area (Å²) in [7, 11) is -3.07. The SMILES string of the molecule is O=S1(=O)CCC(C(O)c2cc(Br)ccc2F)C1.